The van der Waals surface area contributed by atoms with Gasteiger partial charge in [-0.25, -0.2) is 9.37 Å². The number of aromatic nitrogens is 2. The number of fused-ring (bicyclic) bond motifs is 3. The molecule has 2 aromatic carbocycles. The van der Waals surface area contributed by atoms with E-state index in [0.717, 1.165) is 33.1 Å². The number of rotatable bonds is 4. The van der Waals surface area contributed by atoms with Crippen molar-refractivity contribution in [1.29, 1.82) is 0 Å². The summed E-state index contributed by atoms with van der Waals surface area (Å²) >= 11 is 2.99. The first kappa shape index (κ1) is 19.3. The fourth-order valence-corrected chi connectivity index (χ4v) is 5.87. The van der Waals surface area contributed by atoms with Crippen molar-refractivity contribution in [2.24, 2.45) is 0 Å². The molecule has 1 aliphatic rings. The Morgan fingerprint density at radius 3 is 2.87 bits per heavy atom. The number of thioether (sulfide) groups is 1. The van der Waals surface area contributed by atoms with Crippen molar-refractivity contribution in [3.63, 3.8) is 0 Å². The Bertz CT molecular complexity index is 1230. The summed E-state index contributed by atoms with van der Waals surface area (Å²) in [6.07, 6.45) is 0.747. The zero-order valence-corrected chi connectivity index (χ0v) is 18.0. The van der Waals surface area contributed by atoms with Gasteiger partial charge in [0.1, 0.15) is 11.9 Å². The Morgan fingerprint density at radius 1 is 1.27 bits per heavy atom. The molecule has 1 amide bonds. The topological polar surface area (TPSA) is 49.0 Å². The van der Waals surface area contributed by atoms with Crippen LogP contribution in [-0.2, 0) is 11.2 Å². The van der Waals surface area contributed by atoms with E-state index in [0.29, 0.717) is 12.1 Å². The molecule has 0 bridgehead atoms. The number of aromatic amines is 1. The highest BCUT2D eigenvalue weighted by molar-refractivity contribution is 8.01. The van der Waals surface area contributed by atoms with Gasteiger partial charge >= 0.3 is 0 Å². The molecule has 1 atom stereocenters. The van der Waals surface area contributed by atoms with E-state index in [-0.39, 0.29) is 17.5 Å². The standard InChI is InChI=1S/C23H20FN3OS2/c1-14-12-29-23(25-14)30-13-20(28)27-11-10-16-15-6-3-5-9-19(15)26-21(16)22(27)17-7-2-4-8-18(17)24/h2-9,12,22,26H,10-11,13H2,1H3/t22-/m0/s1. The SMILES string of the molecule is Cc1csc(SCC(=O)N2CCc3c([nH]c4ccccc34)[C@@H]2c2ccccc2F)n1. The van der Waals surface area contributed by atoms with E-state index < -0.39 is 6.04 Å². The summed E-state index contributed by atoms with van der Waals surface area (Å²) in [4.78, 5) is 23.0. The zero-order valence-electron chi connectivity index (χ0n) is 16.4. The first-order valence-electron chi connectivity index (χ1n) is 9.80. The number of amides is 1. The van der Waals surface area contributed by atoms with Crippen molar-refractivity contribution in [2.75, 3.05) is 12.3 Å². The normalized spacial score (nSPS) is 16.1. The number of H-pyrrole nitrogens is 1. The van der Waals surface area contributed by atoms with Crippen LogP contribution in [0.3, 0.4) is 0 Å². The minimum atomic E-state index is -0.464. The monoisotopic (exact) mass is 437 g/mol. The minimum absolute atomic E-state index is 0.00888. The minimum Gasteiger partial charge on any atom is -0.356 e. The van der Waals surface area contributed by atoms with Crippen molar-refractivity contribution in [3.05, 3.63) is 82.2 Å². The van der Waals surface area contributed by atoms with Gasteiger partial charge in [0.15, 0.2) is 4.34 Å². The highest BCUT2D eigenvalue weighted by Gasteiger charge is 2.35. The van der Waals surface area contributed by atoms with Crippen LogP contribution in [-0.4, -0.2) is 33.1 Å². The maximum Gasteiger partial charge on any atom is 0.233 e. The summed E-state index contributed by atoms with van der Waals surface area (Å²) in [6, 6.07) is 14.4. The number of carbonyl (C=O) groups excluding carboxylic acids is 1. The lowest BCUT2D eigenvalue weighted by atomic mass is 9.92. The molecule has 0 saturated carbocycles. The number of carbonyl (C=O) groups is 1. The molecule has 0 aliphatic carbocycles. The van der Waals surface area contributed by atoms with Gasteiger partial charge in [-0.05, 0) is 31.0 Å². The van der Waals surface area contributed by atoms with Crippen LogP contribution in [0.2, 0.25) is 0 Å². The van der Waals surface area contributed by atoms with E-state index in [9.17, 15) is 9.18 Å². The third kappa shape index (κ3) is 3.42. The largest absolute Gasteiger partial charge is 0.356 e. The Kier molecular flexibility index (Phi) is 5.08. The van der Waals surface area contributed by atoms with Crippen LogP contribution in [0.5, 0.6) is 0 Å². The summed E-state index contributed by atoms with van der Waals surface area (Å²) in [7, 11) is 0. The zero-order chi connectivity index (χ0) is 20.7. The molecule has 0 unspecified atom stereocenters. The second kappa shape index (κ2) is 7.89. The second-order valence-electron chi connectivity index (χ2n) is 7.37. The molecule has 0 radical (unpaired) electrons. The lowest BCUT2D eigenvalue weighted by molar-refractivity contribution is -0.130. The number of hydrogen-bond acceptors (Lipinski definition) is 4. The van der Waals surface area contributed by atoms with E-state index in [1.54, 1.807) is 23.5 Å². The molecular weight excluding hydrogens is 417 g/mol. The Labute approximate surface area is 182 Å². The molecule has 0 fully saturated rings. The molecule has 4 nitrogen and oxygen atoms in total. The van der Waals surface area contributed by atoms with Crippen molar-refractivity contribution < 1.29 is 9.18 Å². The van der Waals surface area contributed by atoms with Gasteiger partial charge in [0.25, 0.3) is 0 Å². The highest BCUT2D eigenvalue weighted by atomic mass is 32.2. The number of aryl methyl sites for hydroxylation is 1. The molecule has 152 valence electrons. The molecule has 4 aromatic rings. The van der Waals surface area contributed by atoms with E-state index in [2.05, 4.69) is 16.0 Å². The van der Waals surface area contributed by atoms with E-state index in [4.69, 9.17) is 0 Å². The molecule has 0 spiro atoms. The van der Waals surface area contributed by atoms with Crippen LogP contribution in [0.25, 0.3) is 10.9 Å². The molecule has 5 rings (SSSR count). The number of nitrogens with one attached hydrogen (secondary N) is 1. The Morgan fingerprint density at radius 2 is 2.07 bits per heavy atom. The molecule has 1 N–H and O–H groups in total. The van der Waals surface area contributed by atoms with Crippen molar-refractivity contribution >= 4 is 39.9 Å². The van der Waals surface area contributed by atoms with Gasteiger partial charge in [-0.1, -0.05) is 48.2 Å². The third-order valence-electron chi connectivity index (χ3n) is 5.47. The summed E-state index contributed by atoms with van der Waals surface area (Å²) in [6.45, 7) is 2.50. The quantitative estimate of drug-likeness (QED) is 0.439. The second-order valence-corrected chi connectivity index (χ2v) is 9.45. The van der Waals surface area contributed by atoms with Crippen LogP contribution in [0.4, 0.5) is 4.39 Å². The predicted octanol–water partition coefficient (Wildman–Crippen LogP) is 5.34. The van der Waals surface area contributed by atoms with Gasteiger partial charge in [-0.15, -0.1) is 11.3 Å². The van der Waals surface area contributed by atoms with E-state index in [1.807, 2.05) is 41.5 Å². The van der Waals surface area contributed by atoms with Crippen LogP contribution >= 0.6 is 23.1 Å². The average Bonchev–Trinajstić information content (AvgIpc) is 3.35. The molecule has 3 heterocycles. The van der Waals surface area contributed by atoms with E-state index >= 15 is 0 Å². The number of halogens is 1. The van der Waals surface area contributed by atoms with Crippen LogP contribution in [0, 0.1) is 12.7 Å². The lowest BCUT2D eigenvalue weighted by Crippen LogP contribution is -2.41. The van der Waals surface area contributed by atoms with Crippen LogP contribution < -0.4 is 0 Å². The fourth-order valence-electron chi connectivity index (χ4n) is 4.13. The van der Waals surface area contributed by atoms with Gasteiger partial charge < -0.3 is 9.88 Å². The van der Waals surface area contributed by atoms with Gasteiger partial charge in [0.05, 0.1) is 5.75 Å². The number of benzene rings is 2. The molecule has 0 saturated heterocycles. The van der Waals surface area contributed by atoms with Crippen molar-refractivity contribution in [1.82, 2.24) is 14.9 Å². The predicted molar refractivity (Wildman–Crippen MR) is 120 cm³/mol. The number of para-hydroxylation sites is 1. The maximum absolute atomic E-state index is 14.8. The van der Waals surface area contributed by atoms with Gasteiger partial charge in [0, 0.05) is 39.8 Å². The molecular formula is C23H20FN3OS2. The van der Waals surface area contributed by atoms with Gasteiger partial charge in [-0.2, -0.15) is 0 Å². The van der Waals surface area contributed by atoms with Gasteiger partial charge in [0.2, 0.25) is 5.91 Å². The third-order valence-corrected chi connectivity index (χ3v) is 7.60. The Hall–Kier alpha value is -2.64. The number of thiazole rings is 1. The summed E-state index contributed by atoms with van der Waals surface area (Å²) < 4.78 is 15.7. The van der Waals surface area contributed by atoms with Crippen molar-refractivity contribution in [3.8, 4) is 0 Å². The van der Waals surface area contributed by atoms with Gasteiger partial charge in [-0.3, -0.25) is 4.79 Å². The highest BCUT2D eigenvalue weighted by Crippen LogP contribution is 2.39. The summed E-state index contributed by atoms with van der Waals surface area (Å²) in [5.74, 6) is -0.0200. The number of hydrogen-bond donors (Lipinski definition) is 1. The average molecular weight is 438 g/mol. The summed E-state index contributed by atoms with van der Waals surface area (Å²) in [5.41, 5.74) is 4.58. The molecule has 7 heteroatoms. The first-order chi connectivity index (χ1) is 14.6. The molecule has 1 aliphatic heterocycles. The van der Waals surface area contributed by atoms with Crippen LogP contribution in [0.15, 0.2) is 58.3 Å². The van der Waals surface area contributed by atoms with E-state index in [1.165, 1.54) is 23.4 Å². The van der Waals surface area contributed by atoms with Crippen LogP contribution in [0.1, 0.15) is 28.6 Å². The van der Waals surface area contributed by atoms with Crippen molar-refractivity contribution in [2.45, 2.75) is 23.7 Å². The lowest BCUT2D eigenvalue weighted by Gasteiger charge is -2.36. The maximum atomic E-state index is 14.8. The fraction of sp³-hybridized carbons (Fsp3) is 0.217. The number of nitrogens with zero attached hydrogens (tertiary/aromatic N) is 2. The molecule has 2 aromatic heterocycles. The smallest absolute Gasteiger partial charge is 0.233 e. The molecule has 30 heavy (non-hydrogen) atoms. The first-order valence-corrected chi connectivity index (χ1v) is 11.7. The Balaban J connectivity index is 1.53. The summed E-state index contributed by atoms with van der Waals surface area (Å²) in [5, 5.41) is 3.13.